The van der Waals surface area contributed by atoms with E-state index in [1.807, 2.05) is 13.8 Å². The summed E-state index contributed by atoms with van der Waals surface area (Å²) in [6.45, 7) is 5.75. The molecule has 1 aliphatic heterocycles. The Balaban J connectivity index is 1.56. The summed E-state index contributed by atoms with van der Waals surface area (Å²) in [5.74, 6) is 1.05. The van der Waals surface area contributed by atoms with Gasteiger partial charge in [-0.3, -0.25) is 14.4 Å². The third kappa shape index (κ3) is 4.51. The lowest BCUT2D eigenvalue weighted by atomic mass is 10.0. The van der Waals surface area contributed by atoms with Crippen LogP contribution in [0.1, 0.15) is 58.0 Å². The highest BCUT2D eigenvalue weighted by molar-refractivity contribution is 7.09. The predicted molar refractivity (Wildman–Crippen MR) is 112 cm³/mol. The van der Waals surface area contributed by atoms with Gasteiger partial charge in [0.2, 0.25) is 0 Å². The Bertz CT molecular complexity index is 1010. The van der Waals surface area contributed by atoms with Gasteiger partial charge in [0, 0.05) is 36.9 Å². The van der Waals surface area contributed by atoms with E-state index in [0.29, 0.717) is 11.5 Å². The lowest BCUT2D eigenvalue weighted by Gasteiger charge is -2.34. The van der Waals surface area contributed by atoms with Gasteiger partial charge in [-0.25, -0.2) is 15.0 Å². The van der Waals surface area contributed by atoms with Crippen LogP contribution in [0.2, 0.25) is 0 Å². The number of rotatable bonds is 5. The van der Waals surface area contributed by atoms with Gasteiger partial charge in [-0.05, 0) is 39.3 Å². The highest BCUT2D eigenvalue weighted by Gasteiger charge is 2.27. The normalized spacial score (nSPS) is 17.4. The van der Waals surface area contributed by atoms with E-state index in [0.717, 1.165) is 54.6 Å². The van der Waals surface area contributed by atoms with Crippen LogP contribution in [0.4, 0.5) is 5.82 Å². The largest absolute Gasteiger partial charge is 0.305 e. The maximum absolute atomic E-state index is 12.6. The summed E-state index contributed by atoms with van der Waals surface area (Å²) in [6, 6.07) is 3.61. The Kier molecular flexibility index (Phi) is 5.68. The van der Waals surface area contributed by atoms with Crippen LogP contribution < -0.4 is 5.32 Å². The molecule has 3 aromatic heterocycles. The van der Waals surface area contributed by atoms with Gasteiger partial charge in [0.25, 0.3) is 5.91 Å². The molecule has 0 aliphatic carbocycles. The molecule has 4 heterocycles. The molecule has 0 radical (unpaired) electrons. The SMILES string of the molecule is Cc1cc(NC(=O)c2ccnn2C)nc(C2CCCCN2Cc2csc(C)n2)n1. The quantitative estimate of drug-likeness (QED) is 0.693. The zero-order valence-electron chi connectivity index (χ0n) is 16.9. The minimum Gasteiger partial charge on any atom is -0.305 e. The minimum atomic E-state index is -0.229. The number of piperidine rings is 1. The molecule has 1 saturated heterocycles. The molecule has 1 aliphatic rings. The topological polar surface area (TPSA) is 88.8 Å². The second kappa shape index (κ2) is 8.38. The van der Waals surface area contributed by atoms with Crippen LogP contribution in [0.3, 0.4) is 0 Å². The molecule has 29 heavy (non-hydrogen) atoms. The van der Waals surface area contributed by atoms with E-state index in [1.54, 1.807) is 41.4 Å². The first kappa shape index (κ1) is 19.7. The van der Waals surface area contributed by atoms with Gasteiger partial charge in [0.1, 0.15) is 17.3 Å². The molecule has 0 saturated carbocycles. The standard InChI is InChI=1S/C20H25N7OS/c1-13-10-18(25-20(28)17-7-8-21-26(17)3)24-19(22-13)16-6-4-5-9-27(16)11-15-12-29-14(2)23-15/h7-8,10,12,16H,4-6,9,11H2,1-3H3,(H,22,24,25,28). The van der Waals surface area contributed by atoms with Crippen LogP contribution in [0.15, 0.2) is 23.7 Å². The van der Waals surface area contributed by atoms with Crippen LogP contribution in [0.5, 0.6) is 0 Å². The summed E-state index contributed by atoms with van der Waals surface area (Å²) in [4.78, 5) is 29.0. The lowest BCUT2D eigenvalue weighted by Crippen LogP contribution is -2.34. The third-order valence-corrected chi connectivity index (χ3v) is 5.93. The Hall–Kier alpha value is -2.65. The zero-order chi connectivity index (χ0) is 20.4. The van der Waals surface area contributed by atoms with Gasteiger partial charge >= 0.3 is 0 Å². The molecule has 1 N–H and O–H groups in total. The number of aryl methyl sites for hydroxylation is 3. The molecule has 1 fully saturated rings. The summed E-state index contributed by atoms with van der Waals surface area (Å²) in [5, 5.41) is 10.2. The molecule has 8 nitrogen and oxygen atoms in total. The highest BCUT2D eigenvalue weighted by atomic mass is 32.1. The van der Waals surface area contributed by atoms with Crippen LogP contribution in [0.25, 0.3) is 0 Å². The number of nitrogens with one attached hydrogen (secondary N) is 1. The monoisotopic (exact) mass is 411 g/mol. The Labute approximate surface area is 174 Å². The molecular weight excluding hydrogens is 386 g/mol. The molecule has 0 spiro atoms. The van der Waals surface area contributed by atoms with E-state index >= 15 is 0 Å². The van der Waals surface area contributed by atoms with Gasteiger partial charge in [0.15, 0.2) is 0 Å². The molecular formula is C20H25N7OS. The maximum Gasteiger partial charge on any atom is 0.275 e. The van der Waals surface area contributed by atoms with E-state index < -0.39 is 0 Å². The summed E-state index contributed by atoms with van der Waals surface area (Å²) < 4.78 is 1.54. The first-order chi connectivity index (χ1) is 14.0. The summed E-state index contributed by atoms with van der Waals surface area (Å²) in [6.07, 6.45) is 4.91. The first-order valence-electron chi connectivity index (χ1n) is 9.79. The molecule has 152 valence electrons. The van der Waals surface area contributed by atoms with Crippen LogP contribution >= 0.6 is 11.3 Å². The zero-order valence-corrected chi connectivity index (χ0v) is 17.7. The van der Waals surface area contributed by atoms with Gasteiger partial charge in [0.05, 0.1) is 16.7 Å². The van der Waals surface area contributed by atoms with Crippen LogP contribution in [0, 0.1) is 13.8 Å². The van der Waals surface area contributed by atoms with Crippen LogP contribution in [-0.2, 0) is 13.6 Å². The third-order valence-electron chi connectivity index (χ3n) is 5.11. The number of anilines is 1. The van der Waals surface area contributed by atoms with Crippen molar-refractivity contribution in [3.05, 3.63) is 51.6 Å². The number of thiazole rings is 1. The predicted octanol–water partition coefficient (Wildman–Crippen LogP) is 3.26. The van der Waals surface area contributed by atoms with E-state index in [2.05, 4.69) is 25.7 Å². The molecule has 4 rings (SSSR count). The Morgan fingerprint density at radius 2 is 2.14 bits per heavy atom. The van der Waals surface area contributed by atoms with Gasteiger partial charge in [-0.1, -0.05) is 6.42 Å². The summed E-state index contributed by atoms with van der Waals surface area (Å²) in [7, 11) is 1.74. The second-order valence-electron chi connectivity index (χ2n) is 7.39. The smallest absolute Gasteiger partial charge is 0.275 e. The average molecular weight is 412 g/mol. The van der Waals surface area contributed by atoms with Gasteiger partial charge < -0.3 is 5.32 Å². The highest BCUT2D eigenvalue weighted by Crippen LogP contribution is 2.31. The second-order valence-corrected chi connectivity index (χ2v) is 8.45. The van der Waals surface area contributed by atoms with Crippen molar-refractivity contribution >= 4 is 23.1 Å². The van der Waals surface area contributed by atoms with Crippen LogP contribution in [-0.4, -0.2) is 42.1 Å². The van der Waals surface area contributed by atoms with E-state index in [-0.39, 0.29) is 11.9 Å². The van der Waals surface area contributed by atoms with Gasteiger partial charge in [-0.2, -0.15) is 5.10 Å². The molecule has 9 heteroatoms. The number of carbonyl (C=O) groups is 1. The molecule has 0 bridgehead atoms. The average Bonchev–Trinajstić information content (AvgIpc) is 3.29. The fourth-order valence-electron chi connectivity index (χ4n) is 3.74. The number of hydrogen-bond acceptors (Lipinski definition) is 7. The van der Waals surface area contributed by atoms with E-state index in [1.165, 1.54) is 0 Å². The van der Waals surface area contributed by atoms with Crippen molar-refractivity contribution in [2.24, 2.45) is 7.05 Å². The van der Waals surface area contributed by atoms with Crippen molar-refractivity contribution in [2.75, 3.05) is 11.9 Å². The number of carbonyl (C=O) groups excluding carboxylic acids is 1. The fourth-order valence-corrected chi connectivity index (χ4v) is 4.35. The van der Waals surface area contributed by atoms with E-state index in [4.69, 9.17) is 9.97 Å². The Morgan fingerprint density at radius 3 is 2.86 bits per heavy atom. The van der Waals surface area contributed by atoms with Crippen molar-refractivity contribution in [1.82, 2.24) is 29.6 Å². The summed E-state index contributed by atoms with van der Waals surface area (Å²) in [5.41, 5.74) is 2.42. The molecule has 3 aromatic rings. The summed E-state index contributed by atoms with van der Waals surface area (Å²) >= 11 is 1.68. The first-order valence-corrected chi connectivity index (χ1v) is 10.7. The van der Waals surface area contributed by atoms with Crippen molar-refractivity contribution in [1.29, 1.82) is 0 Å². The molecule has 1 unspecified atom stereocenters. The van der Waals surface area contributed by atoms with Crippen molar-refractivity contribution in [2.45, 2.75) is 45.7 Å². The minimum absolute atomic E-state index is 0.123. The maximum atomic E-state index is 12.6. The van der Waals surface area contributed by atoms with Gasteiger partial charge in [-0.15, -0.1) is 11.3 Å². The molecule has 0 aromatic carbocycles. The number of nitrogens with zero attached hydrogens (tertiary/aromatic N) is 6. The number of hydrogen-bond donors (Lipinski definition) is 1. The number of amides is 1. The number of aromatic nitrogens is 5. The van der Waals surface area contributed by atoms with Crippen molar-refractivity contribution < 1.29 is 4.79 Å². The van der Waals surface area contributed by atoms with Crippen molar-refractivity contribution in [3.8, 4) is 0 Å². The fraction of sp³-hybridized carbons (Fsp3) is 0.450. The van der Waals surface area contributed by atoms with Crippen molar-refractivity contribution in [3.63, 3.8) is 0 Å². The molecule has 1 amide bonds. The lowest BCUT2D eigenvalue weighted by molar-refractivity contribution is 0.101. The number of likely N-dealkylation sites (tertiary alicyclic amines) is 1. The van der Waals surface area contributed by atoms with E-state index in [9.17, 15) is 4.79 Å². The Morgan fingerprint density at radius 1 is 1.28 bits per heavy atom. The molecule has 1 atom stereocenters.